The van der Waals surface area contributed by atoms with Crippen molar-refractivity contribution in [1.82, 2.24) is 9.88 Å². The van der Waals surface area contributed by atoms with Gasteiger partial charge in [0.05, 0.1) is 6.10 Å². The molecule has 2 atom stereocenters. The van der Waals surface area contributed by atoms with Gasteiger partial charge in [0, 0.05) is 25.5 Å². The van der Waals surface area contributed by atoms with E-state index >= 15 is 0 Å². The second kappa shape index (κ2) is 7.36. The van der Waals surface area contributed by atoms with Gasteiger partial charge in [0.15, 0.2) is 0 Å². The number of ether oxygens (including phenoxy) is 1. The van der Waals surface area contributed by atoms with E-state index in [2.05, 4.69) is 23.9 Å². The molecule has 0 bridgehead atoms. The fraction of sp³-hybridized carbons (Fsp3) is 0.615. The lowest BCUT2D eigenvalue weighted by atomic mass is 10.1. The van der Waals surface area contributed by atoms with Crippen LogP contribution in [0.25, 0.3) is 0 Å². The highest BCUT2D eigenvalue weighted by atomic mass is 16.5. The molecule has 1 fully saturated rings. The number of likely N-dealkylation sites (N-methyl/N-ethyl adjacent to an activating group) is 1. The summed E-state index contributed by atoms with van der Waals surface area (Å²) in [5.74, 6) is 0. The number of aromatic nitrogens is 1. The van der Waals surface area contributed by atoms with Crippen LogP contribution in [0.5, 0.6) is 0 Å². The molecule has 0 aliphatic carbocycles. The second-order valence-corrected chi connectivity index (χ2v) is 4.16. The van der Waals surface area contributed by atoms with E-state index in [-0.39, 0.29) is 0 Å². The molecule has 1 aliphatic heterocycles. The Kier molecular flexibility index (Phi) is 6.04. The SMILES string of the molecule is COC(C)C1CCCN1C.c1ccncc1. The Hall–Kier alpha value is -0.930. The Labute approximate surface area is 98.4 Å². The van der Waals surface area contributed by atoms with E-state index in [0.29, 0.717) is 12.1 Å². The molecule has 1 aliphatic rings. The minimum atomic E-state index is 0.396. The fourth-order valence-electron chi connectivity index (χ4n) is 2.00. The summed E-state index contributed by atoms with van der Waals surface area (Å²) < 4.78 is 5.26. The summed E-state index contributed by atoms with van der Waals surface area (Å²) in [4.78, 5) is 6.17. The van der Waals surface area contributed by atoms with Crippen molar-refractivity contribution in [2.75, 3.05) is 20.7 Å². The van der Waals surface area contributed by atoms with Crippen LogP contribution in [0.2, 0.25) is 0 Å². The van der Waals surface area contributed by atoms with Gasteiger partial charge in [0.1, 0.15) is 0 Å². The molecule has 0 spiro atoms. The van der Waals surface area contributed by atoms with Crippen molar-refractivity contribution < 1.29 is 4.74 Å². The highest BCUT2D eigenvalue weighted by Crippen LogP contribution is 2.18. The molecule has 0 saturated carbocycles. The maximum absolute atomic E-state index is 5.26. The van der Waals surface area contributed by atoms with E-state index < -0.39 is 0 Å². The number of hydrogen-bond donors (Lipinski definition) is 0. The van der Waals surface area contributed by atoms with Crippen molar-refractivity contribution in [1.29, 1.82) is 0 Å². The number of nitrogens with zero attached hydrogens (tertiary/aromatic N) is 2. The zero-order chi connectivity index (χ0) is 11.8. The van der Waals surface area contributed by atoms with Crippen LogP contribution in [-0.2, 0) is 4.74 Å². The predicted molar refractivity (Wildman–Crippen MR) is 66.4 cm³/mol. The molecule has 3 nitrogen and oxygen atoms in total. The first-order valence-corrected chi connectivity index (χ1v) is 5.83. The molecule has 3 heteroatoms. The number of rotatable bonds is 2. The van der Waals surface area contributed by atoms with E-state index in [0.717, 1.165) is 0 Å². The molecule has 0 aromatic carbocycles. The molecule has 0 N–H and O–H groups in total. The molecular formula is C13H22N2O. The topological polar surface area (TPSA) is 25.4 Å². The van der Waals surface area contributed by atoms with Gasteiger partial charge in [-0.1, -0.05) is 6.07 Å². The van der Waals surface area contributed by atoms with Crippen molar-refractivity contribution in [3.63, 3.8) is 0 Å². The number of likely N-dealkylation sites (tertiary alicyclic amines) is 1. The van der Waals surface area contributed by atoms with Crippen LogP contribution >= 0.6 is 0 Å². The normalized spacial score (nSPS) is 22.3. The first kappa shape index (κ1) is 13.1. The average molecular weight is 222 g/mol. The van der Waals surface area contributed by atoms with Crippen LogP contribution < -0.4 is 0 Å². The van der Waals surface area contributed by atoms with Crippen molar-refractivity contribution in [3.8, 4) is 0 Å². The highest BCUT2D eigenvalue weighted by Gasteiger charge is 2.25. The number of methoxy groups -OCH3 is 1. The van der Waals surface area contributed by atoms with Crippen molar-refractivity contribution in [2.45, 2.75) is 31.9 Å². The van der Waals surface area contributed by atoms with Gasteiger partial charge in [-0.15, -0.1) is 0 Å². The van der Waals surface area contributed by atoms with E-state index in [9.17, 15) is 0 Å². The molecular weight excluding hydrogens is 200 g/mol. The van der Waals surface area contributed by atoms with E-state index in [1.54, 1.807) is 19.5 Å². The quantitative estimate of drug-likeness (QED) is 0.767. The van der Waals surface area contributed by atoms with Crippen molar-refractivity contribution in [3.05, 3.63) is 30.6 Å². The van der Waals surface area contributed by atoms with Gasteiger partial charge >= 0.3 is 0 Å². The van der Waals surface area contributed by atoms with Gasteiger partial charge in [0.2, 0.25) is 0 Å². The predicted octanol–water partition coefficient (Wildman–Crippen LogP) is 2.20. The summed E-state index contributed by atoms with van der Waals surface area (Å²) in [5.41, 5.74) is 0. The van der Waals surface area contributed by atoms with Crippen LogP contribution in [0.3, 0.4) is 0 Å². The molecule has 2 unspecified atom stereocenters. The summed E-state index contributed by atoms with van der Waals surface area (Å²) in [6.45, 7) is 3.38. The molecule has 16 heavy (non-hydrogen) atoms. The Bertz CT molecular complexity index is 239. The van der Waals surface area contributed by atoms with Crippen molar-refractivity contribution in [2.24, 2.45) is 0 Å². The minimum absolute atomic E-state index is 0.396. The Balaban J connectivity index is 0.000000181. The van der Waals surface area contributed by atoms with Gasteiger partial charge in [-0.3, -0.25) is 4.98 Å². The maximum atomic E-state index is 5.26. The smallest absolute Gasteiger partial charge is 0.0698 e. The number of hydrogen-bond acceptors (Lipinski definition) is 3. The maximum Gasteiger partial charge on any atom is 0.0698 e. The Morgan fingerprint density at radius 3 is 2.31 bits per heavy atom. The third-order valence-electron chi connectivity index (χ3n) is 3.06. The molecule has 1 saturated heterocycles. The van der Waals surface area contributed by atoms with Crippen LogP contribution in [0, 0.1) is 0 Å². The molecule has 0 radical (unpaired) electrons. The average Bonchev–Trinajstić information content (AvgIpc) is 2.78. The van der Waals surface area contributed by atoms with Crippen LogP contribution in [-0.4, -0.2) is 42.7 Å². The van der Waals surface area contributed by atoms with Gasteiger partial charge < -0.3 is 9.64 Å². The van der Waals surface area contributed by atoms with Crippen LogP contribution in [0.15, 0.2) is 30.6 Å². The Morgan fingerprint density at radius 2 is 2.00 bits per heavy atom. The lowest BCUT2D eigenvalue weighted by molar-refractivity contribution is 0.0531. The second-order valence-electron chi connectivity index (χ2n) is 4.16. The summed E-state index contributed by atoms with van der Waals surface area (Å²) in [5, 5.41) is 0. The Morgan fingerprint density at radius 1 is 1.31 bits per heavy atom. The van der Waals surface area contributed by atoms with E-state index in [4.69, 9.17) is 4.74 Å². The lowest BCUT2D eigenvalue weighted by Gasteiger charge is -2.24. The largest absolute Gasteiger partial charge is 0.380 e. The van der Waals surface area contributed by atoms with Crippen molar-refractivity contribution >= 4 is 0 Å². The summed E-state index contributed by atoms with van der Waals surface area (Å²) >= 11 is 0. The zero-order valence-corrected chi connectivity index (χ0v) is 10.5. The van der Waals surface area contributed by atoms with Crippen LogP contribution in [0.4, 0.5) is 0 Å². The van der Waals surface area contributed by atoms with Gasteiger partial charge in [0.25, 0.3) is 0 Å². The lowest BCUT2D eigenvalue weighted by Crippen LogP contribution is -2.35. The van der Waals surface area contributed by atoms with Crippen LogP contribution in [0.1, 0.15) is 19.8 Å². The monoisotopic (exact) mass is 222 g/mol. The highest BCUT2D eigenvalue weighted by molar-refractivity contribution is 4.88. The van der Waals surface area contributed by atoms with Gasteiger partial charge in [-0.05, 0) is 45.5 Å². The zero-order valence-electron chi connectivity index (χ0n) is 10.5. The molecule has 2 rings (SSSR count). The van der Waals surface area contributed by atoms with Gasteiger partial charge in [-0.25, -0.2) is 0 Å². The molecule has 2 heterocycles. The fourth-order valence-corrected chi connectivity index (χ4v) is 2.00. The number of pyridine rings is 1. The third-order valence-corrected chi connectivity index (χ3v) is 3.06. The first-order chi connectivity index (χ1) is 7.75. The van der Waals surface area contributed by atoms with E-state index in [1.165, 1.54) is 19.4 Å². The van der Waals surface area contributed by atoms with Gasteiger partial charge in [-0.2, -0.15) is 0 Å². The summed E-state index contributed by atoms with van der Waals surface area (Å²) in [6, 6.07) is 6.37. The molecule has 90 valence electrons. The standard InChI is InChI=1S/C8H17NO.C5H5N/c1-7(10-3)8-5-4-6-9(8)2;1-2-4-6-5-3-1/h7-8H,4-6H2,1-3H3;1-5H. The molecule has 1 aromatic heterocycles. The minimum Gasteiger partial charge on any atom is -0.380 e. The third kappa shape index (κ3) is 4.29. The molecule has 0 amide bonds. The first-order valence-electron chi connectivity index (χ1n) is 5.83. The molecule has 1 aromatic rings. The summed E-state index contributed by atoms with van der Waals surface area (Å²) in [7, 11) is 3.96. The summed E-state index contributed by atoms with van der Waals surface area (Å²) in [6.07, 6.45) is 6.52. The van der Waals surface area contributed by atoms with E-state index in [1.807, 2.05) is 18.2 Å².